The maximum absolute atomic E-state index is 6.02. The summed E-state index contributed by atoms with van der Waals surface area (Å²) in [5.41, 5.74) is 4.02. The summed E-state index contributed by atoms with van der Waals surface area (Å²) in [4.78, 5) is 0. The average Bonchev–Trinajstić information content (AvgIpc) is 2.71. The molecule has 0 spiro atoms. The molecule has 1 aliphatic carbocycles. The Labute approximate surface area is 159 Å². The fraction of sp³-hybridized carbons (Fsp3) is 0.520. The molecule has 2 aromatic rings. The van der Waals surface area contributed by atoms with Crippen molar-refractivity contribution < 1.29 is 4.74 Å². The molecule has 1 heteroatoms. The minimum Gasteiger partial charge on any atom is -0.493 e. The smallest absolute Gasteiger partial charge is 0.119 e. The summed E-state index contributed by atoms with van der Waals surface area (Å²) in [6, 6.07) is 17.7. The van der Waals surface area contributed by atoms with Gasteiger partial charge in [-0.2, -0.15) is 0 Å². The van der Waals surface area contributed by atoms with E-state index in [1.807, 2.05) is 0 Å². The van der Waals surface area contributed by atoms with Gasteiger partial charge in [0, 0.05) is 0 Å². The van der Waals surface area contributed by atoms with Gasteiger partial charge in [-0.25, -0.2) is 0 Å². The summed E-state index contributed by atoms with van der Waals surface area (Å²) in [5, 5.41) is 0. The van der Waals surface area contributed by atoms with E-state index in [2.05, 4.69) is 55.5 Å². The average molecular weight is 351 g/mol. The molecule has 0 bridgehead atoms. The van der Waals surface area contributed by atoms with E-state index in [4.69, 9.17) is 4.74 Å². The van der Waals surface area contributed by atoms with E-state index in [9.17, 15) is 0 Å². The van der Waals surface area contributed by atoms with E-state index in [1.165, 1.54) is 80.9 Å². The third kappa shape index (κ3) is 5.90. The van der Waals surface area contributed by atoms with Gasteiger partial charge >= 0.3 is 0 Å². The Morgan fingerprint density at radius 1 is 0.769 bits per heavy atom. The zero-order valence-corrected chi connectivity index (χ0v) is 16.4. The molecule has 3 rings (SSSR count). The molecule has 0 unspecified atom stereocenters. The van der Waals surface area contributed by atoms with Gasteiger partial charge in [0.2, 0.25) is 0 Å². The van der Waals surface area contributed by atoms with Crippen molar-refractivity contribution in [3.63, 3.8) is 0 Å². The Balaban J connectivity index is 1.49. The van der Waals surface area contributed by atoms with Gasteiger partial charge < -0.3 is 4.74 Å². The van der Waals surface area contributed by atoms with E-state index in [-0.39, 0.29) is 0 Å². The molecule has 1 fully saturated rings. The lowest BCUT2D eigenvalue weighted by molar-refractivity contribution is 0.209. The molecule has 0 aliphatic heterocycles. The molecule has 26 heavy (non-hydrogen) atoms. The highest BCUT2D eigenvalue weighted by Crippen LogP contribution is 2.26. The molecule has 0 saturated heterocycles. The lowest BCUT2D eigenvalue weighted by Crippen LogP contribution is -2.15. The van der Waals surface area contributed by atoms with Crippen LogP contribution in [0.2, 0.25) is 0 Å². The molecular formula is C25H34O. The van der Waals surface area contributed by atoms with E-state index >= 15 is 0 Å². The summed E-state index contributed by atoms with van der Waals surface area (Å²) in [7, 11) is 0. The molecule has 1 aliphatic rings. The summed E-state index contributed by atoms with van der Waals surface area (Å²) < 4.78 is 6.02. The van der Waals surface area contributed by atoms with Crippen molar-refractivity contribution in [1.29, 1.82) is 0 Å². The summed E-state index contributed by atoms with van der Waals surface area (Å²) >= 11 is 0. The number of hydrogen-bond acceptors (Lipinski definition) is 1. The number of aryl methyl sites for hydroxylation is 1. The molecule has 1 nitrogen and oxygen atoms in total. The monoisotopic (exact) mass is 350 g/mol. The van der Waals surface area contributed by atoms with Crippen LogP contribution >= 0.6 is 0 Å². The predicted octanol–water partition coefficient (Wildman–Crippen LogP) is 7.44. The first-order valence-corrected chi connectivity index (χ1v) is 10.7. The van der Waals surface area contributed by atoms with Gasteiger partial charge in [-0.1, -0.05) is 81.8 Å². The van der Waals surface area contributed by atoms with E-state index in [0.717, 1.165) is 18.3 Å². The van der Waals surface area contributed by atoms with Crippen LogP contribution in [-0.4, -0.2) is 6.61 Å². The van der Waals surface area contributed by atoms with Crippen LogP contribution in [0.5, 0.6) is 5.75 Å². The molecule has 2 aromatic carbocycles. The Kier molecular flexibility index (Phi) is 7.61. The van der Waals surface area contributed by atoms with Crippen molar-refractivity contribution in [3.05, 3.63) is 54.1 Å². The highest BCUT2D eigenvalue weighted by Gasteiger charge is 2.13. The van der Waals surface area contributed by atoms with Crippen molar-refractivity contribution in [1.82, 2.24) is 0 Å². The fourth-order valence-corrected chi connectivity index (χ4v) is 3.93. The molecule has 0 atom stereocenters. The zero-order chi connectivity index (χ0) is 18.0. The molecular weight excluding hydrogens is 316 g/mol. The van der Waals surface area contributed by atoms with Crippen LogP contribution in [0.1, 0.15) is 70.3 Å². The standard InChI is InChI=1S/C25H34O/c1-2-3-4-6-9-21-12-14-23(15-13-21)24-16-18-25(19-17-24)26-20-22-10-7-5-8-11-22/h12-19,22H,2-11,20H2,1H3. The number of hydrogen-bond donors (Lipinski definition) is 0. The van der Waals surface area contributed by atoms with Gasteiger partial charge in [-0.05, 0) is 60.4 Å². The van der Waals surface area contributed by atoms with E-state index in [1.54, 1.807) is 0 Å². The van der Waals surface area contributed by atoms with Crippen LogP contribution in [0.4, 0.5) is 0 Å². The molecule has 0 radical (unpaired) electrons. The Bertz CT molecular complexity index is 620. The third-order valence-corrected chi connectivity index (χ3v) is 5.67. The first-order chi connectivity index (χ1) is 12.8. The SMILES string of the molecule is CCCCCCc1ccc(-c2ccc(OCC3CCCCC3)cc2)cc1. The summed E-state index contributed by atoms with van der Waals surface area (Å²) in [6.45, 7) is 3.15. The van der Waals surface area contributed by atoms with Crippen molar-refractivity contribution in [2.24, 2.45) is 5.92 Å². The van der Waals surface area contributed by atoms with Gasteiger partial charge in [0.1, 0.15) is 5.75 Å². The Morgan fingerprint density at radius 3 is 2.08 bits per heavy atom. The summed E-state index contributed by atoms with van der Waals surface area (Å²) in [6.07, 6.45) is 13.3. The minimum atomic E-state index is 0.758. The second-order valence-corrected chi connectivity index (χ2v) is 7.85. The van der Waals surface area contributed by atoms with Gasteiger partial charge in [0.15, 0.2) is 0 Å². The van der Waals surface area contributed by atoms with E-state index in [0.29, 0.717) is 0 Å². The highest BCUT2D eigenvalue weighted by atomic mass is 16.5. The van der Waals surface area contributed by atoms with Crippen LogP contribution in [0.3, 0.4) is 0 Å². The van der Waals surface area contributed by atoms with Crippen LogP contribution in [0.25, 0.3) is 11.1 Å². The molecule has 0 amide bonds. The van der Waals surface area contributed by atoms with Crippen LogP contribution in [0.15, 0.2) is 48.5 Å². The van der Waals surface area contributed by atoms with Crippen molar-refractivity contribution >= 4 is 0 Å². The van der Waals surface area contributed by atoms with Gasteiger partial charge in [0.25, 0.3) is 0 Å². The third-order valence-electron chi connectivity index (χ3n) is 5.67. The van der Waals surface area contributed by atoms with E-state index < -0.39 is 0 Å². The first kappa shape index (κ1) is 19.0. The maximum atomic E-state index is 6.02. The first-order valence-electron chi connectivity index (χ1n) is 10.7. The predicted molar refractivity (Wildman–Crippen MR) is 112 cm³/mol. The van der Waals surface area contributed by atoms with Crippen molar-refractivity contribution in [2.45, 2.75) is 71.1 Å². The molecule has 0 aromatic heterocycles. The molecule has 140 valence electrons. The highest BCUT2D eigenvalue weighted by molar-refractivity contribution is 5.64. The quantitative estimate of drug-likeness (QED) is 0.427. The van der Waals surface area contributed by atoms with Gasteiger partial charge in [-0.15, -0.1) is 0 Å². The number of unbranched alkanes of at least 4 members (excludes halogenated alkanes) is 3. The molecule has 0 heterocycles. The van der Waals surface area contributed by atoms with Crippen molar-refractivity contribution in [3.8, 4) is 16.9 Å². The second-order valence-electron chi connectivity index (χ2n) is 7.85. The van der Waals surface area contributed by atoms with Crippen LogP contribution in [0, 0.1) is 5.92 Å². The summed E-state index contributed by atoms with van der Waals surface area (Å²) in [5.74, 6) is 1.76. The Morgan fingerprint density at radius 2 is 1.42 bits per heavy atom. The van der Waals surface area contributed by atoms with Crippen LogP contribution < -0.4 is 4.74 Å². The maximum Gasteiger partial charge on any atom is 0.119 e. The lowest BCUT2D eigenvalue weighted by atomic mass is 9.90. The second kappa shape index (κ2) is 10.4. The van der Waals surface area contributed by atoms with Crippen molar-refractivity contribution in [2.75, 3.05) is 6.61 Å². The fourth-order valence-electron chi connectivity index (χ4n) is 3.93. The number of ether oxygens (including phenoxy) is 1. The minimum absolute atomic E-state index is 0.758. The normalized spacial score (nSPS) is 15.1. The number of benzene rings is 2. The van der Waals surface area contributed by atoms with Gasteiger partial charge in [0.05, 0.1) is 6.61 Å². The topological polar surface area (TPSA) is 9.23 Å². The van der Waals surface area contributed by atoms with Gasteiger partial charge in [-0.3, -0.25) is 0 Å². The largest absolute Gasteiger partial charge is 0.493 e. The lowest BCUT2D eigenvalue weighted by Gasteiger charge is -2.21. The zero-order valence-electron chi connectivity index (χ0n) is 16.4. The number of rotatable bonds is 9. The molecule has 1 saturated carbocycles. The molecule has 0 N–H and O–H groups in total. The van der Waals surface area contributed by atoms with Crippen LogP contribution in [-0.2, 0) is 6.42 Å². The Hall–Kier alpha value is -1.76.